The SMILES string of the molecule is CCOC(=O)c1c(NC(=O)CSc2nnc(Cn3nccc3C)o2)sc2c1CC[C@H](C)C2. The number of fused-ring (bicyclic) bond motifs is 1. The van der Waals surface area contributed by atoms with Gasteiger partial charge in [-0.25, -0.2) is 4.79 Å². The van der Waals surface area contributed by atoms with Gasteiger partial charge in [0.15, 0.2) is 0 Å². The van der Waals surface area contributed by atoms with Gasteiger partial charge in [0, 0.05) is 16.8 Å². The lowest BCUT2D eigenvalue weighted by atomic mass is 9.88. The van der Waals surface area contributed by atoms with Crippen molar-refractivity contribution >= 4 is 40.0 Å². The first-order valence-corrected chi connectivity index (χ1v) is 12.3. The number of aromatic nitrogens is 4. The van der Waals surface area contributed by atoms with Crippen LogP contribution in [-0.2, 0) is 28.9 Å². The van der Waals surface area contributed by atoms with Crippen molar-refractivity contribution in [2.24, 2.45) is 5.92 Å². The zero-order valence-corrected chi connectivity index (χ0v) is 19.8. The van der Waals surface area contributed by atoms with Gasteiger partial charge >= 0.3 is 5.97 Å². The molecule has 0 spiro atoms. The molecule has 0 unspecified atom stereocenters. The fourth-order valence-corrected chi connectivity index (χ4v) is 5.60. The lowest BCUT2D eigenvalue weighted by Crippen LogP contribution is -2.17. The molecule has 4 rings (SSSR count). The molecule has 9 nitrogen and oxygen atoms in total. The minimum absolute atomic E-state index is 0.0870. The quantitative estimate of drug-likeness (QED) is 0.388. The second-order valence-electron chi connectivity index (χ2n) is 7.71. The topological polar surface area (TPSA) is 112 Å². The number of rotatable bonds is 8. The lowest BCUT2D eigenvalue weighted by molar-refractivity contribution is -0.113. The molecule has 1 aliphatic carbocycles. The van der Waals surface area contributed by atoms with Crippen LogP contribution >= 0.6 is 23.1 Å². The number of carbonyl (C=O) groups excluding carboxylic acids is 2. The van der Waals surface area contributed by atoms with Gasteiger partial charge in [-0.3, -0.25) is 9.48 Å². The molecule has 32 heavy (non-hydrogen) atoms. The van der Waals surface area contributed by atoms with Gasteiger partial charge in [0.1, 0.15) is 11.5 Å². The van der Waals surface area contributed by atoms with Crippen molar-refractivity contribution in [3.8, 4) is 0 Å². The Labute approximate surface area is 193 Å². The fraction of sp³-hybridized carbons (Fsp3) is 0.476. The molecule has 11 heteroatoms. The van der Waals surface area contributed by atoms with Crippen LogP contribution in [-0.4, -0.2) is 44.2 Å². The molecule has 1 N–H and O–H groups in total. The van der Waals surface area contributed by atoms with Gasteiger partial charge in [-0.15, -0.1) is 21.5 Å². The van der Waals surface area contributed by atoms with Crippen LogP contribution in [0.15, 0.2) is 21.9 Å². The number of thioether (sulfide) groups is 1. The van der Waals surface area contributed by atoms with Gasteiger partial charge in [-0.1, -0.05) is 18.7 Å². The second-order valence-corrected chi connectivity index (χ2v) is 9.74. The van der Waals surface area contributed by atoms with Gasteiger partial charge in [0.25, 0.3) is 5.22 Å². The second kappa shape index (κ2) is 9.86. The summed E-state index contributed by atoms with van der Waals surface area (Å²) < 4.78 is 12.6. The van der Waals surface area contributed by atoms with Crippen LogP contribution in [0.25, 0.3) is 0 Å². The molecule has 1 aliphatic rings. The number of nitrogens with one attached hydrogen (secondary N) is 1. The van der Waals surface area contributed by atoms with Gasteiger partial charge in [0.05, 0.1) is 17.9 Å². The summed E-state index contributed by atoms with van der Waals surface area (Å²) in [7, 11) is 0. The molecule has 0 fully saturated rings. The maximum atomic E-state index is 12.6. The van der Waals surface area contributed by atoms with E-state index in [4.69, 9.17) is 9.15 Å². The number of anilines is 1. The average molecular weight is 476 g/mol. The number of hydrogen-bond donors (Lipinski definition) is 1. The zero-order valence-electron chi connectivity index (χ0n) is 18.2. The highest BCUT2D eigenvalue weighted by Gasteiger charge is 2.29. The Bertz CT molecular complexity index is 1120. The molecule has 0 aliphatic heterocycles. The van der Waals surface area contributed by atoms with Crippen molar-refractivity contribution in [2.75, 3.05) is 17.7 Å². The molecule has 1 atom stereocenters. The Hall–Kier alpha value is -2.66. The van der Waals surface area contributed by atoms with Crippen LogP contribution in [0.3, 0.4) is 0 Å². The highest BCUT2D eigenvalue weighted by molar-refractivity contribution is 7.99. The van der Waals surface area contributed by atoms with Crippen LogP contribution in [0.4, 0.5) is 5.00 Å². The van der Waals surface area contributed by atoms with Gasteiger partial charge in [-0.2, -0.15) is 5.10 Å². The van der Waals surface area contributed by atoms with E-state index in [1.54, 1.807) is 17.8 Å². The number of carbonyl (C=O) groups is 2. The lowest BCUT2D eigenvalue weighted by Gasteiger charge is -2.18. The van der Waals surface area contributed by atoms with E-state index in [1.807, 2.05) is 13.0 Å². The third-order valence-electron chi connectivity index (χ3n) is 5.23. The van der Waals surface area contributed by atoms with Crippen molar-refractivity contribution in [1.82, 2.24) is 20.0 Å². The van der Waals surface area contributed by atoms with Crippen LogP contribution in [0.5, 0.6) is 0 Å². The molecular weight excluding hydrogens is 450 g/mol. The van der Waals surface area contributed by atoms with E-state index in [0.29, 0.717) is 40.7 Å². The Kier molecular flexibility index (Phi) is 6.95. The predicted molar refractivity (Wildman–Crippen MR) is 121 cm³/mol. The minimum atomic E-state index is -0.377. The summed E-state index contributed by atoms with van der Waals surface area (Å²) in [6.45, 7) is 6.59. The van der Waals surface area contributed by atoms with Gasteiger partial charge < -0.3 is 14.5 Å². The average Bonchev–Trinajstić information content (AvgIpc) is 3.46. The molecule has 3 aromatic heterocycles. The molecule has 0 saturated heterocycles. The van der Waals surface area contributed by atoms with Crippen molar-refractivity contribution in [3.05, 3.63) is 39.9 Å². The summed E-state index contributed by atoms with van der Waals surface area (Å²) in [5, 5.41) is 16.0. The van der Waals surface area contributed by atoms with E-state index in [2.05, 4.69) is 27.5 Å². The van der Waals surface area contributed by atoms with Gasteiger partial charge in [-0.05, 0) is 50.7 Å². The van der Waals surface area contributed by atoms with E-state index >= 15 is 0 Å². The monoisotopic (exact) mass is 475 g/mol. The van der Waals surface area contributed by atoms with Gasteiger partial charge in [0.2, 0.25) is 11.8 Å². The molecule has 1 amide bonds. The van der Waals surface area contributed by atoms with Crippen molar-refractivity contribution in [1.29, 1.82) is 0 Å². The first-order chi connectivity index (χ1) is 15.4. The Morgan fingerprint density at radius 2 is 2.25 bits per heavy atom. The van der Waals surface area contributed by atoms with E-state index in [-0.39, 0.29) is 17.6 Å². The maximum absolute atomic E-state index is 12.6. The Morgan fingerprint density at radius 1 is 1.41 bits per heavy atom. The summed E-state index contributed by atoms with van der Waals surface area (Å²) in [5.41, 5.74) is 2.51. The van der Waals surface area contributed by atoms with Crippen molar-refractivity contribution in [2.45, 2.75) is 51.8 Å². The number of esters is 1. The van der Waals surface area contributed by atoms with E-state index in [0.717, 1.165) is 47.2 Å². The smallest absolute Gasteiger partial charge is 0.341 e. The highest BCUT2D eigenvalue weighted by Crippen LogP contribution is 2.40. The number of thiophene rings is 1. The normalized spacial score (nSPS) is 15.4. The number of ether oxygens (including phenoxy) is 1. The van der Waals surface area contributed by atoms with Crippen molar-refractivity contribution in [3.63, 3.8) is 0 Å². The molecule has 0 bridgehead atoms. The summed E-state index contributed by atoms with van der Waals surface area (Å²) >= 11 is 2.63. The molecule has 0 saturated carbocycles. The number of nitrogens with zero attached hydrogens (tertiary/aromatic N) is 4. The van der Waals surface area contributed by atoms with Crippen LogP contribution < -0.4 is 5.32 Å². The highest BCUT2D eigenvalue weighted by atomic mass is 32.2. The first-order valence-electron chi connectivity index (χ1n) is 10.5. The molecule has 170 valence electrons. The number of amides is 1. The molecule has 3 heterocycles. The van der Waals surface area contributed by atoms with E-state index in [9.17, 15) is 9.59 Å². The summed E-state index contributed by atoms with van der Waals surface area (Å²) in [4.78, 5) is 26.4. The molecule has 3 aromatic rings. The largest absolute Gasteiger partial charge is 0.462 e. The molecular formula is C21H25N5O4S2. The Morgan fingerprint density at radius 3 is 3.00 bits per heavy atom. The van der Waals surface area contributed by atoms with Crippen LogP contribution in [0, 0.1) is 12.8 Å². The number of aryl methyl sites for hydroxylation is 1. The van der Waals surface area contributed by atoms with Crippen LogP contribution in [0.2, 0.25) is 0 Å². The first kappa shape index (κ1) is 22.5. The third-order valence-corrected chi connectivity index (χ3v) is 7.22. The fourth-order valence-electron chi connectivity index (χ4n) is 3.60. The van der Waals surface area contributed by atoms with E-state index in [1.165, 1.54) is 11.3 Å². The van der Waals surface area contributed by atoms with E-state index < -0.39 is 0 Å². The van der Waals surface area contributed by atoms with Crippen LogP contribution in [0.1, 0.15) is 52.7 Å². The Balaban J connectivity index is 1.40. The summed E-state index contributed by atoms with van der Waals surface area (Å²) in [5.74, 6) is 0.452. The molecule has 0 aromatic carbocycles. The summed E-state index contributed by atoms with van der Waals surface area (Å²) in [6, 6.07) is 1.89. The third kappa shape index (κ3) is 5.04. The van der Waals surface area contributed by atoms with Crippen molar-refractivity contribution < 1.29 is 18.7 Å². The zero-order chi connectivity index (χ0) is 22.7. The minimum Gasteiger partial charge on any atom is -0.462 e. The standard InChI is InChI=1S/C21H25N5O4S2/c1-4-29-20(28)18-14-6-5-12(2)9-15(14)32-19(18)23-16(27)11-31-21-25-24-17(30-21)10-26-13(3)7-8-22-26/h7-8,12H,4-6,9-11H2,1-3H3,(H,23,27)/t12-/m0/s1. The predicted octanol–water partition coefficient (Wildman–Crippen LogP) is 3.72. The number of hydrogen-bond acceptors (Lipinski definition) is 9. The maximum Gasteiger partial charge on any atom is 0.341 e. The summed E-state index contributed by atoms with van der Waals surface area (Å²) in [6.07, 6.45) is 4.47. The molecule has 0 radical (unpaired) electrons.